The van der Waals surface area contributed by atoms with Gasteiger partial charge in [0.2, 0.25) is 0 Å². The van der Waals surface area contributed by atoms with E-state index in [-0.39, 0.29) is 0 Å². The number of aromatic nitrogens is 1. The molecular formula is C101H83AlN3O. The molecule has 1 radical (unpaired) electrons. The van der Waals surface area contributed by atoms with Crippen LogP contribution in [0, 0.1) is 27.7 Å². The molecule has 5 heteroatoms. The number of nitrogens with zero attached hydrogens (tertiary/aromatic N) is 3. The first kappa shape index (κ1) is 68.3. The van der Waals surface area contributed by atoms with Gasteiger partial charge in [-0.1, -0.05) is 282 Å². The molecule has 0 N–H and O–H groups in total. The van der Waals surface area contributed by atoms with Crippen LogP contribution in [0.25, 0.3) is 120 Å². The van der Waals surface area contributed by atoms with Crippen molar-refractivity contribution >= 4 is 137 Å². The van der Waals surface area contributed by atoms with Gasteiger partial charge in [0.15, 0.2) is 0 Å². The predicted octanol–water partition coefficient (Wildman–Crippen LogP) is 28.3. The number of fused-ring (bicyclic) bond motifs is 10. The highest BCUT2D eigenvalue weighted by Gasteiger charge is 2.24. The lowest BCUT2D eigenvalue weighted by Gasteiger charge is -2.30. The average Bonchev–Trinajstić information content (AvgIpc) is 0.728. The Morgan fingerprint density at radius 3 is 1.16 bits per heavy atom. The second kappa shape index (κ2) is 29.6. The van der Waals surface area contributed by atoms with Crippen LogP contribution in [-0.4, -0.2) is 21.6 Å². The average molecular weight is 1380 g/mol. The first-order valence-electron chi connectivity index (χ1n) is 36.9. The van der Waals surface area contributed by atoms with Crippen LogP contribution in [0.3, 0.4) is 0 Å². The summed E-state index contributed by atoms with van der Waals surface area (Å²) in [6.07, 6.45) is 1.77. The molecule has 0 aliphatic carbocycles. The smallest absolute Gasteiger partial charge is 0.494 e. The SMILES string of the molecule is Cc1cc(C)cc(N(c2ccc(C(C)C)cc2)c2cc3c4ccccc4c(N(c4ccc(C(C)C)cc4)c4cc(C)cc(C)c4)cc3c3ccccc23)c1.[AlH][O]c1cccc2cccnc12.c1ccc2cc(-c3c4ccccc4c(-c4ccc(-c5cccc6ccccc56)cc4)c4ccccc34)ccc2c1. The third-order valence-electron chi connectivity index (χ3n) is 20.9. The van der Waals surface area contributed by atoms with E-state index in [2.05, 4.69) is 373 Å². The van der Waals surface area contributed by atoms with Crippen molar-refractivity contribution in [2.45, 2.75) is 67.2 Å². The van der Waals surface area contributed by atoms with E-state index >= 15 is 0 Å². The lowest BCUT2D eigenvalue weighted by atomic mass is 9.85. The zero-order chi connectivity index (χ0) is 72.5. The van der Waals surface area contributed by atoms with Crippen molar-refractivity contribution in [1.29, 1.82) is 0 Å². The highest BCUT2D eigenvalue weighted by molar-refractivity contribution is 6.25. The van der Waals surface area contributed by atoms with Gasteiger partial charge in [0.05, 0.1) is 11.4 Å². The molecule has 106 heavy (non-hydrogen) atoms. The molecule has 511 valence electrons. The molecule has 0 atom stereocenters. The van der Waals surface area contributed by atoms with Crippen molar-refractivity contribution in [3.63, 3.8) is 0 Å². The van der Waals surface area contributed by atoms with Crippen LogP contribution >= 0.6 is 0 Å². The van der Waals surface area contributed by atoms with Gasteiger partial charge in [0.1, 0.15) is 11.3 Å². The first-order chi connectivity index (χ1) is 51.8. The summed E-state index contributed by atoms with van der Waals surface area (Å²) in [7, 11) is 0. The molecule has 18 aromatic rings. The van der Waals surface area contributed by atoms with Gasteiger partial charge in [0, 0.05) is 45.1 Å². The van der Waals surface area contributed by atoms with Crippen LogP contribution < -0.4 is 13.6 Å². The number of hydrogen-bond acceptors (Lipinski definition) is 4. The summed E-state index contributed by atoms with van der Waals surface area (Å²) in [5.41, 5.74) is 23.2. The van der Waals surface area contributed by atoms with Gasteiger partial charge in [-0.15, -0.1) is 0 Å². The summed E-state index contributed by atoms with van der Waals surface area (Å²) in [6.45, 7) is 17.8. The Kier molecular flexibility index (Phi) is 19.1. The topological polar surface area (TPSA) is 28.6 Å². The monoisotopic (exact) mass is 1380 g/mol. The Hall–Kier alpha value is -12.1. The number of benzene rings is 17. The van der Waals surface area contributed by atoms with Gasteiger partial charge >= 0.3 is 16.6 Å². The molecule has 1 heterocycles. The number of anilines is 6. The van der Waals surface area contributed by atoms with Crippen molar-refractivity contribution in [3.8, 4) is 39.1 Å². The van der Waals surface area contributed by atoms with Crippen molar-refractivity contribution in [2.24, 2.45) is 0 Å². The molecule has 17 aromatic carbocycles. The molecule has 0 saturated heterocycles. The molecule has 0 spiro atoms. The van der Waals surface area contributed by atoms with Crippen molar-refractivity contribution in [3.05, 3.63) is 373 Å². The van der Waals surface area contributed by atoms with E-state index < -0.39 is 0 Å². The summed E-state index contributed by atoms with van der Waals surface area (Å²) in [5, 5.41) is 18.7. The molecular weight excluding hydrogens is 1300 g/mol. The maximum Gasteiger partial charge on any atom is 0.494 e. The fourth-order valence-electron chi connectivity index (χ4n) is 15.9. The zero-order valence-corrected chi connectivity index (χ0v) is 62.9. The Morgan fingerprint density at radius 1 is 0.283 bits per heavy atom. The molecule has 0 amide bonds. The zero-order valence-electron chi connectivity index (χ0n) is 61.4. The number of hydrogen-bond donors (Lipinski definition) is 0. The molecule has 0 bridgehead atoms. The van der Waals surface area contributed by atoms with E-state index in [9.17, 15) is 0 Å². The van der Waals surface area contributed by atoms with Gasteiger partial charge < -0.3 is 13.6 Å². The van der Waals surface area contributed by atoms with Gasteiger partial charge in [-0.2, -0.15) is 0 Å². The van der Waals surface area contributed by atoms with Gasteiger partial charge in [0.25, 0.3) is 0 Å². The summed E-state index contributed by atoms with van der Waals surface area (Å²) in [5.74, 6) is 1.77. The Morgan fingerprint density at radius 2 is 0.670 bits per heavy atom. The van der Waals surface area contributed by atoms with Crippen LogP contribution in [0.15, 0.2) is 340 Å². The Balaban J connectivity index is 0.000000144. The highest BCUT2D eigenvalue weighted by Crippen LogP contribution is 2.50. The molecule has 0 unspecified atom stereocenters. The molecule has 1 aromatic heterocycles. The number of aryl methyl sites for hydroxylation is 4. The summed E-state index contributed by atoms with van der Waals surface area (Å²) >= 11 is 1.47. The minimum absolute atomic E-state index is 0.465. The number of pyridine rings is 1. The lowest BCUT2D eigenvalue weighted by Crippen LogP contribution is -2.12. The van der Waals surface area contributed by atoms with Crippen LogP contribution in [0.5, 0.6) is 5.75 Å². The third-order valence-corrected chi connectivity index (χ3v) is 21.2. The van der Waals surface area contributed by atoms with E-state index in [1.807, 2.05) is 30.3 Å². The number of rotatable bonds is 12. The number of para-hydroxylation sites is 1. The van der Waals surface area contributed by atoms with E-state index in [0.717, 1.165) is 28.0 Å². The molecule has 0 aliphatic heterocycles. The van der Waals surface area contributed by atoms with E-state index in [4.69, 9.17) is 3.79 Å². The van der Waals surface area contributed by atoms with Gasteiger partial charge in [-0.05, 0) is 250 Å². The Labute approximate surface area is 630 Å². The minimum Gasteiger partial charge on any atom is -0.649 e. The van der Waals surface area contributed by atoms with Crippen LogP contribution in [0.2, 0.25) is 0 Å². The van der Waals surface area contributed by atoms with Crippen molar-refractivity contribution < 1.29 is 3.79 Å². The first-order valence-corrected chi connectivity index (χ1v) is 37.5. The maximum absolute atomic E-state index is 5.19. The highest BCUT2D eigenvalue weighted by atomic mass is 27.1. The van der Waals surface area contributed by atoms with E-state index in [1.165, 1.54) is 182 Å². The summed E-state index contributed by atoms with van der Waals surface area (Å²) in [4.78, 5) is 9.16. The fraction of sp³-hybridized carbons (Fsp3) is 0.0990. The predicted molar refractivity (Wildman–Crippen MR) is 458 cm³/mol. The lowest BCUT2D eigenvalue weighted by molar-refractivity contribution is 0.622. The molecule has 0 aliphatic rings. The Bertz CT molecular complexity index is 6020. The largest absolute Gasteiger partial charge is 0.649 e. The molecule has 0 fully saturated rings. The van der Waals surface area contributed by atoms with Crippen LogP contribution in [-0.2, 0) is 0 Å². The normalized spacial score (nSPS) is 11.4. The van der Waals surface area contributed by atoms with Gasteiger partial charge in [-0.25, -0.2) is 0 Å². The quantitative estimate of drug-likeness (QED) is 0.0692. The van der Waals surface area contributed by atoms with Crippen LogP contribution in [0.4, 0.5) is 34.1 Å². The second-order valence-electron chi connectivity index (χ2n) is 28.8. The van der Waals surface area contributed by atoms with Crippen LogP contribution in [0.1, 0.15) is 72.9 Å². The standard InChI is InChI=1S/C52H50N2.C40H26.C9H7NO.Al.H/c1-33(2)39-17-21-41(22-18-39)53(43-27-35(5)25-36(6)28-43)51-31-49-46-14-10-12-16-48(46)52(32-50(49)45-13-9-11-15-47(45)51)54(44-29-37(7)26-38(8)30-44)42-23-19-40(20-24-42)34(3)4;1-2-12-31-26-32(25-20-27(31)10-1)40-37-17-7-5-15-35(37)39(36-16-6-8-18-38(36)40)30-23-21-29(22-24-30)34-19-9-13-28-11-3-4-14-33(28)34;11-8-5-1-3-7-4-2-6-10-9(7)8;;/h9-34H,1-8H3;1-26H;1-6,11H;;/q;;;+1;/p-1. The minimum atomic E-state index is 0.465. The van der Waals surface area contributed by atoms with Crippen molar-refractivity contribution in [2.75, 3.05) is 9.80 Å². The summed E-state index contributed by atoms with van der Waals surface area (Å²) < 4.78 is 5.19. The summed E-state index contributed by atoms with van der Waals surface area (Å²) in [6, 6.07) is 122. The molecule has 18 rings (SSSR count). The maximum atomic E-state index is 5.19. The third kappa shape index (κ3) is 13.4. The van der Waals surface area contributed by atoms with E-state index in [0.29, 0.717) is 11.8 Å². The molecule has 0 saturated carbocycles. The van der Waals surface area contributed by atoms with E-state index in [1.54, 1.807) is 6.20 Å². The fourth-order valence-corrected chi connectivity index (χ4v) is 16.1. The second-order valence-corrected chi connectivity index (χ2v) is 29.1. The van der Waals surface area contributed by atoms with Gasteiger partial charge in [-0.3, -0.25) is 4.98 Å². The van der Waals surface area contributed by atoms with Crippen molar-refractivity contribution in [1.82, 2.24) is 4.98 Å². The molecule has 4 nitrogen and oxygen atoms in total.